The monoisotopic (exact) mass is 370 g/mol. The van der Waals surface area contributed by atoms with Gasteiger partial charge in [0.1, 0.15) is 0 Å². The molecule has 3 fully saturated rings. The van der Waals surface area contributed by atoms with Crippen LogP contribution >= 0.6 is 11.8 Å². The first kappa shape index (κ1) is 19.5. The van der Waals surface area contributed by atoms with Crippen LogP contribution in [0, 0.1) is 17.8 Å². The van der Waals surface area contributed by atoms with E-state index in [0.29, 0.717) is 30.5 Å². The van der Waals surface area contributed by atoms with Gasteiger partial charge < -0.3 is 14.6 Å². The number of carbonyl (C=O) groups is 1. The zero-order valence-electron chi connectivity index (χ0n) is 15.4. The van der Waals surface area contributed by atoms with Crippen LogP contribution in [-0.2, 0) is 14.3 Å². The molecule has 2 heterocycles. The Balaban J connectivity index is 1.30. The van der Waals surface area contributed by atoms with Gasteiger partial charge in [0.25, 0.3) is 0 Å². The van der Waals surface area contributed by atoms with Crippen molar-refractivity contribution in [2.24, 2.45) is 17.8 Å². The number of fused-ring (bicyclic) bond motifs is 2. The summed E-state index contributed by atoms with van der Waals surface area (Å²) in [6.07, 6.45) is 12.2. The summed E-state index contributed by atoms with van der Waals surface area (Å²) >= 11 is 1.98. The molecule has 4 atom stereocenters. The number of hydrogen-bond acceptors (Lipinski definition) is 4. The molecule has 0 aromatic carbocycles. The fraction of sp³-hybridized carbons (Fsp3) is 0.950. The molecule has 0 amide bonds. The average Bonchev–Trinajstić information content (AvgIpc) is 3.31. The van der Waals surface area contributed by atoms with Crippen LogP contribution in [0.1, 0.15) is 64.2 Å². The first-order chi connectivity index (χ1) is 12.2. The topological polar surface area (TPSA) is 55.8 Å². The third kappa shape index (κ3) is 5.86. The van der Waals surface area contributed by atoms with E-state index >= 15 is 0 Å². The Morgan fingerprint density at radius 2 is 1.76 bits per heavy atom. The van der Waals surface area contributed by atoms with Crippen molar-refractivity contribution >= 4 is 17.7 Å². The Morgan fingerprint density at radius 3 is 2.52 bits per heavy atom. The number of hydrogen-bond donors (Lipinski definition) is 1. The highest BCUT2D eigenvalue weighted by atomic mass is 32.2. The lowest BCUT2D eigenvalue weighted by Crippen LogP contribution is -2.31. The van der Waals surface area contributed by atoms with E-state index in [1.807, 2.05) is 11.8 Å². The van der Waals surface area contributed by atoms with E-state index in [0.717, 1.165) is 37.7 Å². The van der Waals surface area contributed by atoms with Crippen molar-refractivity contribution in [2.45, 2.75) is 76.4 Å². The fourth-order valence-corrected chi connectivity index (χ4v) is 5.90. The second kappa shape index (κ2) is 10.2. The molecule has 3 aliphatic rings. The standard InChI is InChI=1S/C20H34O4S/c21-20(22)7-3-4-11-25-12-10-16-17(19-9-8-18(16)24-19)14-23-13-15-5-1-2-6-15/h15-19H,1-14H2,(H,21,22)/t16-,17+,18-,19+/m1/s1. The summed E-state index contributed by atoms with van der Waals surface area (Å²) in [5, 5.41) is 8.66. The third-order valence-corrected chi connectivity index (χ3v) is 7.36. The van der Waals surface area contributed by atoms with Crippen LogP contribution in [0.3, 0.4) is 0 Å². The molecule has 0 aromatic heterocycles. The zero-order valence-corrected chi connectivity index (χ0v) is 16.2. The quantitative estimate of drug-likeness (QED) is 0.517. The maximum Gasteiger partial charge on any atom is 0.303 e. The van der Waals surface area contributed by atoms with Gasteiger partial charge in [-0.2, -0.15) is 11.8 Å². The minimum Gasteiger partial charge on any atom is -0.481 e. The van der Waals surface area contributed by atoms with Crippen LogP contribution in [0.25, 0.3) is 0 Å². The smallest absolute Gasteiger partial charge is 0.303 e. The molecular weight excluding hydrogens is 336 g/mol. The molecule has 0 spiro atoms. The van der Waals surface area contributed by atoms with E-state index in [9.17, 15) is 4.79 Å². The number of ether oxygens (including phenoxy) is 2. The van der Waals surface area contributed by atoms with Crippen LogP contribution in [0.5, 0.6) is 0 Å². The van der Waals surface area contributed by atoms with E-state index < -0.39 is 5.97 Å². The maximum absolute atomic E-state index is 10.5. The van der Waals surface area contributed by atoms with E-state index in [-0.39, 0.29) is 0 Å². The van der Waals surface area contributed by atoms with Crippen LogP contribution in [0.4, 0.5) is 0 Å². The van der Waals surface area contributed by atoms with Gasteiger partial charge in [-0.05, 0) is 68.3 Å². The third-order valence-electron chi connectivity index (χ3n) is 6.25. The molecule has 25 heavy (non-hydrogen) atoms. The van der Waals surface area contributed by atoms with Gasteiger partial charge in [-0.3, -0.25) is 4.79 Å². The lowest BCUT2D eigenvalue weighted by molar-refractivity contribution is -0.137. The van der Waals surface area contributed by atoms with E-state index in [1.165, 1.54) is 50.7 Å². The van der Waals surface area contributed by atoms with Crippen molar-refractivity contribution < 1.29 is 19.4 Å². The lowest BCUT2D eigenvalue weighted by Gasteiger charge is -2.28. The average molecular weight is 371 g/mol. The molecule has 1 N–H and O–H groups in total. The SMILES string of the molecule is O=C(O)CCCCSCC[C@@H]1[C@H](COCC2CCCC2)[C@@H]2CC[C@H]1O2. The van der Waals surface area contributed by atoms with E-state index in [1.54, 1.807) is 0 Å². The highest BCUT2D eigenvalue weighted by Crippen LogP contribution is 2.45. The highest BCUT2D eigenvalue weighted by Gasteiger charge is 2.48. The van der Waals surface area contributed by atoms with Gasteiger partial charge in [0.2, 0.25) is 0 Å². The number of aliphatic carboxylic acids is 1. The predicted molar refractivity (Wildman–Crippen MR) is 101 cm³/mol. The second-order valence-corrected chi connectivity index (χ2v) is 9.28. The number of unbranched alkanes of at least 4 members (excludes halogenated alkanes) is 1. The fourth-order valence-electron chi connectivity index (χ4n) is 4.85. The highest BCUT2D eigenvalue weighted by molar-refractivity contribution is 7.99. The molecule has 2 bridgehead atoms. The van der Waals surface area contributed by atoms with Crippen molar-refractivity contribution in [1.29, 1.82) is 0 Å². The van der Waals surface area contributed by atoms with Crippen molar-refractivity contribution in [3.8, 4) is 0 Å². The Kier molecular flexibility index (Phi) is 7.93. The number of rotatable bonds is 12. The van der Waals surface area contributed by atoms with Crippen molar-refractivity contribution in [2.75, 3.05) is 24.7 Å². The van der Waals surface area contributed by atoms with Crippen molar-refractivity contribution in [3.63, 3.8) is 0 Å². The Hall–Kier alpha value is -0.260. The Morgan fingerprint density at radius 1 is 1.00 bits per heavy atom. The molecule has 0 unspecified atom stereocenters. The number of thioether (sulfide) groups is 1. The summed E-state index contributed by atoms with van der Waals surface area (Å²) in [6.45, 7) is 1.85. The molecule has 2 saturated heterocycles. The van der Waals surface area contributed by atoms with Crippen molar-refractivity contribution in [3.05, 3.63) is 0 Å². The number of carboxylic acid groups (broad SMARTS) is 1. The molecular formula is C20H34O4S. The molecule has 5 heteroatoms. The lowest BCUT2D eigenvalue weighted by atomic mass is 9.78. The van der Waals surface area contributed by atoms with Crippen LogP contribution in [0.2, 0.25) is 0 Å². The Labute approximate surface area is 156 Å². The summed E-state index contributed by atoms with van der Waals surface area (Å²) in [4.78, 5) is 10.5. The van der Waals surface area contributed by atoms with Crippen molar-refractivity contribution in [1.82, 2.24) is 0 Å². The van der Waals surface area contributed by atoms with Crippen LogP contribution < -0.4 is 0 Å². The number of carboxylic acids is 1. The normalized spacial score (nSPS) is 31.8. The largest absolute Gasteiger partial charge is 0.481 e. The molecule has 0 radical (unpaired) electrons. The maximum atomic E-state index is 10.5. The molecule has 2 aliphatic heterocycles. The second-order valence-electron chi connectivity index (χ2n) is 8.06. The summed E-state index contributed by atoms with van der Waals surface area (Å²) in [5.41, 5.74) is 0. The van der Waals surface area contributed by atoms with Gasteiger partial charge in [-0.1, -0.05) is 12.8 Å². The van der Waals surface area contributed by atoms with Crippen LogP contribution in [-0.4, -0.2) is 48.0 Å². The predicted octanol–water partition coefficient (Wildman–Crippen LogP) is 4.37. The molecule has 1 aliphatic carbocycles. The summed E-state index contributed by atoms with van der Waals surface area (Å²) in [5.74, 6) is 3.66. The van der Waals surface area contributed by atoms with E-state index in [4.69, 9.17) is 14.6 Å². The first-order valence-electron chi connectivity index (χ1n) is 10.3. The zero-order chi connectivity index (χ0) is 17.5. The van der Waals surface area contributed by atoms with Gasteiger partial charge in [0.05, 0.1) is 18.8 Å². The molecule has 0 aromatic rings. The van der Waals surface area contributed by atoms with Gasteiger partial charge in [0.15, 0.2) is 0 Å². The minimum absolute atomic E-state index is 0.307. The summed E-state index contributed by atoms with van der Waals surface area (Å²) in [7, 11) is 0. The van der Waals surface area contributed by atoms with Gasteiger partial charge >= 0.3 is 5.97 Å². The van der Waals surface area contributed by atoms with Gasteiger partial charge in [-0.25, -0.2) is 0 Å². The minimum atomic E-state index is -0.676. The Bertz CT molecular complexity index is 411. The van der Waals surface area contributed by atoms with E-state index in [2.05, 4.69) is 0 Å². The first-order valence-corrected chi connectivity index (χ1v) is 11.4. The summed E-state index contributed by atoms with van der Waals surface area (Å²) < 4.78 is 12.3. The molecule has 4 nitrogen and oxygen atoms in total. The summed E-state index contributed by atoms with van der Waals surface area (Å²) in [6, 6.07) is 0. The molecule has 3 rings (SSSR count). The van der Waals surface area contributed by atoms with Gasteiger partial charge in [0, 0.05) is 18.9 Å². The molecule has 1 saturated carbocycles. The molecule has 144 valence electrons. The van der Waals surface area contributed by atoms with Gasteiger partial charge in [-0.15, -0.1) is 0 Å². The van der Waals surface area contributed by atoms with Crippen LogP contribution in [0.15, 0.2) is 0 Å².